The average molecular weight is 558 g/mol. The van der Waals surface area contributed by atoms with Crippen LogP contribution in [-0.2, 0) is 6.42 Å². The molecule has 1 fully saturated rings. The molecule has 2 amide bonds. The van der Waals surface area contributed by atoms with Crippen LogP contribution in [0.2, 0.25) is 0 Å². The summed E-state index contributed by atoms with van der Waals surface area (Å²) >= 11 is 0. The lowest BCUT2D eigenvalue weighted by Crippen LogP contribution is -2.46. The van der Waals surface area contributed by atoms with Gasteiger partial charge in [-0.15, -0.1) is 0 Å². The summed E-state index contributed by atoms with van der Waals surface area (Å²) in [6, 6.07) is 7.94. The van der Waals surface area contributed by atoms with Gasteiger partial charge in [-0.05, 0) is 93.5 Å². The van der Waals surface area contributed by atoms with Gasteiger partial charge in [0.25, 0.3) is 11.8 Å². The third-order valence-electron chi connectivity index (χ3n) is 7.50. The van der Waals surface area contributed by atoms with E-state index in [1.165, 1.54) is 31.4 Å². The Balaban J connectivity index is 1.77. The fourth-order valence-corrected chi connectivity index (χ4v) is 5.54. The van der Waals surface area contributed by atoms with Crippen LogP contribution >= 0.6 is 0 Å². The second-order valence-corrected chi connectivity index (χ2v) is 11.1. The van der Waals surface area contributed by atoms with Gasteiger partial charge in [0.05, 0.1) is 12.1 Å². The molecular weight excluding hydrogens is 512 g/mol. The lowest BCUT2D eigenvalue weighted by atomic mass is 9.95. The number of halogens is 2. The van der Waals surface area contributed by atoms with Crippen molar-refractivity contribution in [2.75, 3.05) is 19.6 Å². The van der Waals surface area contributed by atoms with Crippen molar-refractivity contribution in [3.05, 3.63) is 70.3 Å². The monoisotopic (exact) mass is 557 g/mol. The van der Waals surface area contributed by atoms with Gasteiger partial charge in [-0.3, -0.25) is 9.59 Å². The molecule has 2 atom stereocenters. The van der Waals surface area contributed by atoms with E-state index in [0.29, 0.717) is 48.8 Å². The van der Waals surface area contributed by atoms with Gasteiger partial charge in [-0.1, -0.05) is 33.1 Å². The lowest BCUT2D eigenvalue weighted by Gasteiger charge is -2.27. The van der Waals surface area contributed by atoms with Gasteiger partial charge in [0.2, 0.25) is 0 Å². The fraction of sp³-hybridized carbons (Fsp3) is 0.562. The number of nitrogens with zero attached hydrogens (tertiary/aromatic N) is 1. The number of carbonyl (C=O) groups excluding carboxylic acids is 2. The van der Waals surface area contributed by atoms with Crippen molar-refractivity contribution in [3.63, 3.8) is 0 Å². The van der Waals surface area contributed by atoms with Gasteiger partial charge >= 0.3 is 0 Å². The van der Waals surface area contributed by atoms with Crippen LogP contribution in [0, 0.1) is 18.6 Å². The van der Waals surface area contributed by atoms with Crippen molar-refractivity contribution in [1.82, 2.24) is 15.5 Å². The Morgan fingerprint density at radius 1 is 0.950 bits per heavy atom. The van der Waals surface area contributed by atoms with Gasteiger partial charge in [0, 0.05) is 36.3 Å². The summed E-state index contributed by atoms with van der Waals surface area (Å²) < 4.78 is 27.8. The molecule has 8 heteroatoms. The molecule has 6 nitrogen and oxygen atoms in total. The highest BCUT2D eigenvalue weighted by molar-refractivity contribution is 6.00. The number of amides is 2. The maximum Gasteiger partial charge on any atom is 0.253 e. The van der Waals surface area contributed by atoms with E-state index in [4.69, 9.17) is 0 Å². The van der Waals surface area contributed by atoms with E-state index in [-0.39, 0.29) is 12.3 Å². The number of nitrogens with one attached hydrogen (secondary N) is 2. The molecule has 3 N–H and O–H groups in total. The SMILES string of the molecule is CCCN(CCC)C(=O)c1cc(C)cc(C(=O)N[C@@H](Cc2cc(F)cc(F)c2)[C@H](O)CCNC2CCCCC2)c1. The summed E-state index contributed by atoms with van der Waals surface area (Å²) in [5.74, 6) is -1.99. The van der Waals surface area contributed by atoms with Crippen LogP contribution in [0.4, 0.5) is 8.78 Å². The molecule has 0 bridgehead atoms. The third kappa shape index (κ3) is 9.66. The maximum atomic E-state index is 13.9. The molecule has 1 saturated carbocycles. The maximum absolute atomic E-state index is 13.9. The summed E-state index contributed by atoms with van der Waals surface area (Å²) in [5, 5.41) is 17.5. The largest absolute Gasteiger partial charge is 0.391 e. The van der Waals surface area contributed by atoms with E-state index in [1.54, 1.807) is 23.1 Å². The Morgan fingerprint density at radius 3 is 2.20 bits per heavy atom. The molecule has 0 saturated heterocycles. The predicted octanol–water partition coefficient (Wildman–Crippen LogP) is 5.55. The Bertz CT molecular complexity index is 1090. The Hall–Kier alpha value is -2.84. The highest BCUT2D eigenvalue weighted by atomic mass is 19.1. The van der Waals surface area contributed by atoms with Crippen molar-refractivity contribution in [1.29, 1.82) is 0 Å². The topological polar surface area (TPSA) is 81.7 Å². The van der Waals surface area contributed by atoms with Crippen molar-refractivity contribution >= 4 is 11.8 Å². The fourth-order valence-electron chi connectivity index (χ4n) is 5.54. The van der Waals surface area contributed by atoms with Crippen molar-refractivity contribution in [2.24, 2.45) is 0 Å². The minimum Gasteiger partial charge on any atom is -0.391 e. The third-order valence-corrected chi connectivity index (χ3v) is 7.50. The molecule has 0 heterocycles. The van der Waals surface area contributed by atoms with Crippen molar-refractivity contribution in [3.8, 4) is 0 Å². The Kier molecular flexibility index (Phi) is 12.5. The number of carbonyl (C=O) groups is 2. The molecule has 2 aromatic rings. The van der Waals surface area contributed by atoms with Gasteiger partial charge in [-0.2, -0.15) is 0 Å². The Labute approximate surface area is 237 Å². The quantitative estimate of drug-likeness (QED) is 0.285. The number of hydrogen-bond acceptors (Lipinski definition) is 4. The summed E-state index contributed by atoms with van der Waals surface area (Å²) in [6.07, 6.45) is 7.02. The number of aliphatic hydroxyl groups is 1. The van der Waals surface area contributed by atoms with E-state index in [0.717, 1.165) is 37.3 Å². The van der Waals surface area contributed by atoms with Crippen LogP contribution in [0.25, 0.3) is 0 Å². The molecule has 1 aliphatic carbocycles. The summed E-state index contributed by atoms with van der Waals surface area (Å²) in [4.78, 5) is 28.4. The molecule has 0 aromatic heterocycles. The molecular formula is C32H45F2N3O3. The minimum absolute atomic E-state index is 0.0589. The van der Waals surface area contributed by atoms with Crippen molar-refractivity contribution < 1.29 is 23.5 Å². The highest BCUT2D eigenvalue weighted by Gasteiger charge is 2.25. The predicted molar refractivity (Wildman–Crippen MR) is 154 cm³/mol. The molecule has 1 aliphatic rings. The zero-order valence-corrected chi connectivity index (χ0v) is 24.1. The van der Waals surface area contributed by atoms with Crippen LogP contribution in [0.5, 0.6) is 0 Å². The first-order chi connectivity index (χ1) is 19.2. The van der Waals surface area contributed by atoms with Crippen LogP contribution in [0.3, 0.4) is 0 Å². The molecule has 0 unspecified atom stereocenters. The normalized spacial score (nSPS) is 15.4. The first-order valence-corrected chi connectivity index (χ1v) is 14.8. The zero-order chi connectivity index (χ0) is 29.1. The summed E-state index contributed by atoms with van der Waals surface area (Å²) in [7, 11) is 0. The van der Waals surface area contributed by atoms with Gasteiger partial charge in [-0.25, -0.2) is 8.78 Å². The second-order valence-electron chi connectivity index (χ2n) is 11.1. The van der Waals surface area contributed by atoms with E-state index < -0.39 is 29.7 Å². The average Bonchev–Trinajstić information content (AvgIpc) is 2.91. The summed E-state index contributed by atoms with van der Waals surface area (Å²) in [5.41, 5.74) is 1.86. The van der Waals surface area contributed by atoms with E-state index >= 15 is 0 Å². The van der Waals surface area contributed by atoms with E-state index in [1.807, 2.05) is 20.8 Å². The van der Waals surface area contributed by atoms with E-state index in [9.17, 15) is 23.5 Å². The minimum atomic E-state index is -0.943. The first kappa shape index (κ1) is 31.7. The van der Waals surface area contributed by atoms with Crippen LogP contribution in [0.1, 0.15) is 97.1 Å². The first-order valence-electron chi connectivity index (χ1n) is 14.8. The number of aryl methyl sites for hydroxylation is 1. The second kappa shape index (κ2) is 15.8. The van der Waals surface area contributed by atoms with E-state index in [2.05, 4.69) is 10.6 Å². The Morgan fingerprint density at radius 2 is 1.57 bits per heavy atom. The number of rotatable bonds is 14. The van der Waals surface area contributed by atoms with Crippen LogP contribution in [-0.4, -0.2) is 59.6 Å². The molecule has 0 radical (unpaired) electrons. The van der Waals surface area contributed by atoms with Gasteiger partial charge < -0.3 is 20.6 Å². The molecule has 220 valence electrons. The number of hydrogen-bond donors (Lipinski definition) is 3. The smallest absolute Gasteiger partial charge is 0.253 e. The molecule has 40 heavy (non-hydrogen) atoms. The van der Waals surface area contributed by atoms with Gasteiger partial charge in [0.1, 0.15) is 11.6 Å². The number of aliphatic hydroxyl groups excluding tert-OH is 1. The molecule has 0 spiro atoms. The standard InChI is InChI=1S/C32H45F2N3O3/c1-4-13-37(14-5-2)32(40)25-16-22(3)15-24(20-25)31(39)36-29(19-23-17-26(33)21-27(34)18-23)30(38)11-12-35-28-9-7-6-8-10-28/h15-18,20-21,28-30,35,38H,4-14,19H2,1-3H3,(H,36,39)/t29-,30+/m0/s1. The van der Waals surface area contributed by atoms with Crippen molar-refractivity contribution in [2.45, 2.75) is 96.7 Å². The van der Waals surface area contributed by atoms with Crippen LogP contribution < -0.4 is 10.6 Å². The van der Waals surface area contributed by atoms with Crippen LogP contribution in [0.15, 0.2) is 36.4 Å². The highest BCUT2D eigenvalue weighted by Crippen LogP contribution is 2.19. The molecule has 0 aliphatic heterocycles. The molecule has 3 rings (SSSR count). The van der Waals surface area contributed by atoms with Gasteiger partial charge in [0.15, 0.2) is 0 Å². The summed E-state index contributed by atoms with van der Waals surface area (Å²) in [6.45, 7) is 7.71. The molecule has 2 aromatic carbocycles. The number of benzene rings is 2. The lowest BCUT2D eigenvalue weighted by molar-refractivity contribution is 0.0755. The zero-order valence-electron chi connectivity index (χ0n) is 24.1.